The topological polar surface area (TPSA) is 94.2 Å². The first-order valence-corrected chi connectivity index (χ1v) is 10.2. The standard InChI is InChI=1S/C22H25N5O3/c1-29-18-4-2-3-16(13-18)5-6-21(28)27-11-7-17(8-12-27)14-20-25-22(26-30-20)19-15-23-9-10-24-19/h2-4,9-10,13,15,17H,5-8,11-12,14H2,1H3. The molecule has 1 fully saturated rings. The number of nitrogens with zero attached hydrogens (tertiary/aromatic N) is 5. The number of ether oxygens (including phenoxy) is 1. The minimum atomic E-state index is 0.207. The van der Waals surface area contributed by atoms with Crippen molar-refractivity contribution in [2.24, 2.45) is 5.92 Å². The van der Waals surface area contributed by atoms with Gasteiger partial charge in [-0.3, -0.25) is 9.78 Å². The first kappa shape index (κ1) is 20.0. The molecular weight excluding hydrogens is 382 g/mol. The summed E-state index contributed by atoms with van der Waals surface area (Å²) in [7, 11) is 1.65. The molecule has 30 heavy (non-hydrogen) atoms. The van der Waals surface area contributed by atoms with Gasteiger partial charge in [-0.2, -0.15) is 4.98 Å². The second kappa shape index (κ2) is 9.47. The van der Waals surface area contributed by atoms with Gasteiger partial charge < -0.3 is 14.2 Å². The Morgan fingerprint density at radius 2 is 2.13 bits per heavy atom. The second-order valence-electron chi connectivity index (χ2n) is 7.48. The van der Waals surface area contributed by atoms with Crippen LogP contribution >= 0.6 is 0 Å². The summed E-state index contributed by atoms with van der Waals surface area (Å²) in [5.41, 5.74) is 1.72. The fourth-order valence-corrected chi connectivity index (χ4v) is 3.73. The highest BCUT2D eigenvalue weighted by Gasteiger charge is 2.24. The predicted octanol–water partition coefficient (Wildman–Crippen LogP) is 2.95. The van der Waals surface area contributed by atoms with Crippen LogP contribution in [0.4, 0.5) is 0 Å². The van der Waals surface area contributed by atoms with E-state index in [1.165, 1.54) is 0 Å². The van der Waals surface area contributed by atoms with Crippen LogP contribution in [0.3, 0.4) is 0 Å². The normalized spacial score (nSPS) is 14.6. The van der Waals surface area contributed by atoms with E-state index in [4.69, 9.17) is 9.26 Å². The smallest absolute Gasteiger partial charge is 0.227 e. The van der Waals surface area contributed by atoms with E-state index < -0.39 is 0 Å². The zero-order valence-corrected chi connectivity index (χ0v) is 17.0. The van der Waals surface area contributed by atoms with Gasteiger partial charge in [0.15, 0.2) is 0 Å². The zero-order chi connectivity index (χ0) is 20.8. The summed E-state index contributed by atoms with van der Waals surface area (Å²) >= 11 is 0. The summed E-state index contributed by atoms with van der Waals surface area (Å²) < 4.78 is 10.6. The number of carbonyl (C=O) groups excluding carboxylic acids is 1. The third-order valence-corrected chi connectivity index (χ3v) is 5.45. The number of methoxy groups -OCH3 is 1. The van der Waals surface area contributed by atoms with Gasteiger partial charge >= 0.3 is 0 Å². The average molecular weight is 407 g/mol. The molecule has 0 radical (unpaired) electrons. The number of likely N-dealkylation sites (tertiary alicyclic amines) is 1. The van der Waals surface area contributed by atoms with Crippen LogP contribution in [0.15, 0.2) is 47.4 Å². The van der Waals surface area contributed by atoms with Crippen molar-refractivity contribution in [1.29, 1.82) is 0 Å². The van der Waals surface area contributed by atoms with Crippen LogP contribution in [0.25, 0.3) is 11.5 Å². The number of amides is 1. The molecule has 1 aliphatic heterocycles. The van der Waals surface area contributed by atoms with Gasteiger partial charge in [0.1, 0.15) is 11.4 Å². The molecule has 2 aromatic heterocycles. The summed E-state index contributed by atoms with van der Waals surface area (Å²) in [5, 5.41) is 4.00. The van der Waals surface area contributed by atoms with Gasteiger partial charge in [-0.25, -0.2) is 4.98 Å². The quantitative estimate of drug-likeness (QED) is 0.594. The zero-order valence-electron chi connectivity index (χ0n) is 17.0. The van der Waals surface area contributed by atoms with Crippen LogP contribution in [-0.2, 0) is 17.6 Å². The van der Waals surface area contributed by atoms with Crippen molar-refractivity contribution in [3.8, 4) is 17.3 Å². The molecule has 1 aliphatic rings. The lowest BCUT2D eigenvalue weighted by molar-refractivity contribution is -0.132. The summed E-state index contributed by atoms with van der Waals surface area (Å²) in [6, 6.07) is 7.88. The number of piperidine rings is 1. The molecule has 3 heterocycles. The van der Waals surface area contributed by atoms with Gasteiger partial charge in [-0.15, -0.1) is 0 Å². The molecule has 4 rings (SSSR count). The Hall–Kier alpha value is -3.29. The SMILES string of the molecule is COc1cccc(CCC(=O)N2CCC(Cc3nc(-c4cnccn4)no3)CC2)c1. The van der Waals surface area contributed by atoms with Crippen LogP contribution < -0.4 is 4.74 Å². The molecular formula is C22H25N5O3. The lowest BCUT2D eigenvalue weighted by Gasteiger charge is -2.31. The van der Waals surface area contributed by atoms with Gasteiger partial charge in [0.2, 0.25) is 17.6 Å². The summed E-state index contributed by atoms with van der Waals surface area (Å²) in [5.74, 6) is 2.53. The average Bonchev–Trinajstić information content (AvgIpc) is 3.27. The fourth-order valence-electron chi connectivity index (χ4n) is 3.73. The van der Waals surface area contributed by atoms with E-state index in [1.54, 1.807) is 25.7 Å². The highest BCUT2D eigenvalue weighted by molar-refractivity contribution is 5.76. The largest absolute Gasteiger partial charge is 0.497 e. The van der Waals surface area contributed by atoms with Crippen LogP contribution in [0, 0.1) is 5.92 Å². The number of hydrogen-bond donors (Lipinski definition) is 0. The van der Waals surface area contributed by atoms with Crippen LogP contribution in [0.5, 0.6) is 5.75 Å². The van der Waals surface area contributed by atoms with E-state index in [0.717, 1.165) is 50.1 Å². The highest BCUT2D eigenvalue weighted by Crippen LogP contribution is 2.23. The van der Waals surface area contributed by atoms with Crippen molar-refractivity contribution in [3.05, 3.63) is 54.3 Å². The molecule has 8 heteroatoms. The molecule has 0 N–H and O–H groups in total. The second-order valence-corrected chi connectivity index (χ2v) is 7.48. The fraction of sp³-hybridized carbons (Fsp3) is 0.409. The Balaban J connectivity index is 1.24. The monoisotopic (exact) mass is 407 g/mol. The summed E-state index contributed by atoms with van der Waals surface area (Å²) in [6.45, 7) is 1.54. The Morgan fingerprint density at radius 3 is 2.90 bits per heavy atom. The maximum absolute atomic E-state index is 12.6. The van der Waals surface area contributed by atoms with Gasteiger partial charge in [0.25, 0.3) is 0 Å². The van der Waals surface area contributed by atoms with Crippen molar-refractivity contribution in [3.63, 3.8) is 0 Å². The first-order chi connectivity index (χ1) is 14.7. The number of benzene rings is 1. The molecule has 0 spiro atoms. The Labute approximate surface area is 175 Å². The molecule has 3 aromatic rings. The lowest BCUT2D eigenvalue weighted by atomic mass is 9.93. The maximum atomic E-state index is 12.6. The minimum absolute atomic E-state index is 0.207. The number of rotatable bonds is 7. The Morgan fingerprint density at radius 1 is 1.27 bits per heavy atom. The molecule has 0 atom stereocenters. The number of aromatic nitrogens is 4. The highest BCUT2D eigenvalue weighted by atomic mass is 16.5. The van der Waals surface area contributed by atoms with Gasteiger partial charge in [0.05, 0.1) is 13.3 Å². The third-order valence-electron chi connectivity index (χ3n) is 5.45. The number of hydrogen-bond acceptors (Lipinski definition) is 7. The third kappa shape index (κ3) is 5.00. The molecule has 1 amide bonds. The van der Waals surface area contributed by atoms with E-state index in [9.17, 15) is 4.79 Å². The molecule has 0 unspecified atom stereocenters. The molecule has 156 valence electrons. The van der Waals surface area contributed by atoms with E-state index in [0.29, 0.717) is 29.7 Å². The Bertz CT molecular complexity index is 968. The molecule has 8 nitrogen and oxygen atoms in total. The predicted molar refractivity (Wildman–Crippen MR) is 110 cm³/mol. The number of aryl methyl sites for hydroxylation is 1. The van der Waals surface area contributed by atoms with Crippen molar-refractivity contribution in [1.82, 2.24) is 25.0 Å². The van der Waals surface area contributed by atoms with Gasteiger partial charge in [-0.05, 0) is 42.9 Å². The van der Waals surface area contributed by atoms with Crippen molar-refractivity contribution in [2.75, 3.05) is 20.2 Å². The molecule has 1 aromatic carbocycles. The minimum Gasteiger partial charge on any atom is -0.497 e. The van der Waals surface area contributed by atoms with Crippen molar-refractivity contribution < 1.29 is 14.1 Å². The molecule has 1 saturated heterocycles. The van der Waals surface area contributed by atoms with Crippen LogP contribution in [0.1, 0.15) is 30.7 Å². The summed E-state index contributed by atoms with van der Waals surface area (Å²) in [4.78, 5) is 27.2. The number of carbonyl (C=O) groups is 1. The van der Waals surface area contributed by atoms with Crippen molar-refractivity contribution >= 4 is 5.91 Å². The lowest BCUT2D eigenvalue weighted by Crippen LogP contribution is -2.39. The van der Waals surface area contributed by atoms with Crippen LogP contribution in [0.2, 0.25) is 0 Å². The first-order valence-electron chi connectivity index (χ1n) is 10.2. The van der Waals surface area contributed by atoms with E-state index in [-0.39, 0.29) is 5.91 Å². The summed E-state index contributed by atoms with van der Waals surface area (Å²) in [6.07, 6.45) is 8.67. The van der Waals surface area contributed by atoms with Gasteiger partial charge in [-0.1, -0.05) is 17.3 Å². The van der Waals surface area contributed by atoms with Crippen LogP contribution in [-0.4, -0.2) is 51.1 Å². The molecule has 0 bridgehead atoms. The van der Waals surface area contributed by atoms with E-state index in [1.807, 2.05) is 29.2 Å². The van der Waals surface area contributed by atoms with Gasteiger partial charge in [0, 0.05) is 38.3 Å². The van der Waals surface area contributed by atoms with E-state index in [2.05, 4.69) is 20.1 Å². The van der Waals surface area contributed by atoms with Crippen molar-refractivity contribution in [2.45, 2.75) is 32.1 Å². The van der Waals surface area contributed by atoms with E-state index >= 15 is 0 Å². The maximum Gasteiger partial charge on any atom is 0.227 e. The Kier molecular flexibility index (Phi) is 6.32. The molecule has 0 aliphatic carbocycles. The molecule has 0 saturated carbocycles.